The van der Waals surface area contributed by atoms with Crippen LogP contribution >= 0.6 is 0 Å². The van der Waals surface area contributed by atoms with Gasteiger partial charge in [0, 0.05) is 6.42 Å². The van der Waals surface area contributed by atoms with E-state index in [4.69, 9.17) is 9.47 Å². The summed E-state index contributed by atoms with van der Waals surface area (Å²) >= 11 is 0. The Morgan fingerprint density at radius 1 is 1.05 bits per heavy atom. The van der Waals surface area contributed by atoms with E-state index in [0.29, 0.717) is 0 Å². The van der Waals surface area contributed by atoms with Crippen molar-refractivity contribution in [3.63, 3.8) is 0 Å². The number of para-hydroxylation sites is 1. The van der Waals surface area contributed by atoms with Crippen molar-refractivity contribution in [3.8, 4) is 11.5 Å². The Labute approximate surface area is 129 Å². The van der Waals surface area contributed by atoms with Gasteiger partial charge in [0.15, 0.2) is 11.5 Å². The molecule has 4 heteroatoms. The number of H-pyrrole nitrogens is 1. The molecule has 0 spiro atoms. The first kappa shape index (κ1) is 13.2. The van der Waals surface area contributed by atoms with Crippen LogP contribution in [0.2, 0.25) is 0 Å². The number of aromatic nitrogens is 2. The first-order valence-electron chi connectivity index (χ1n) is 7.70. The maximum Gasteiger partial charge on any atom is 0.164 e. The van der Waals surface area contributed by atoms with E-state index >= 15 is 0 Å². The molecular formula is C18H18N2O2. The van der Waals surface area contributed by atoms with Gasteiger partial charge in [-0.05, 0) is 42.2 Å². The highest BCUT2D eigenvalue weighted by atomic mass is 16.5. The largest absolute Gasteiger partial charge is 0.490 e. The summed E-state index contributed by atoms with van der Waals surface area (Å²) in [6.07, 6.45) is 4.57. The fourth-order valence-corrected chi connectivity index (χ4v) is 2.87. The van der Waals surface area contributed by atoms with Gasteiger partial charge in [-0.15, -0.1) is 0 Å². The Morgan fingerprint density at radius 3 is 3.00 bits per heavy atom. The minimum Gasteiger partial charge on any atom is -0.490 e. The van der Waals surface area contributed by atoms with Gasteiger partial charge >= 0.3 is 0 Å². The van der Waals surface area contributed by atoms with Crippen molar-refractivity contribution in [1.29, 1.82) is 0 Å². The third-order valence-corrected chi connectivity index (χ3v) is 4.02. The van der Waals surface area contributed by atoms with Crippen molar-refractivity contribution < 1.29 is 9.47 Å². The zero-order valence-electron chi connectivity index (χ0n) is 12.3. The second-order valence-electron chi connectivity index (χ2n) is 5.55. The number of nitrogens with one attached hydrogen (secondary N) is 1. The molecule has 1 N–H and O–H groups in total. The molecule has 1 aromatic heterocycles. The molecule has 2 heterocycles. The Hall–Kier alpha value is -2.49. The number of aryl methyl sites for hydroxylation is 2. The van der Waals surface area contributed by atoms with Crippen molar-refractivity contribution in [2.75, 3.05) is 13.2 Å². The molecule has 112 valence electrons. The van der Waals surface area contributed by atoms with Gasteiger partial charge in [-0.25, -0.2) is 4.98 Å². The van der Waals surface area contributed by atoms with Crippen molar-refractivity contribution in [1.82, 2.24) is 9.97 Å². The molecule has 0 saturated heterocycles. The summed E-state index contributed by atoms with van der Waals surface area (Å²) in [5, 5.41) is 0. The number of hydrogen-bond donors (Lipinski definition) is 1. The van der Waals surface area contributed by atoms with Gasteiger partial charge in [0.2, 0.25) is 0 Å². The second-order valence-corrected chi connectivity index (χ2v) is 5.55. The van der Waals surface area contributed by atoms with Crippen molar-refractivity contribution >= 4 is 11.0 Å². The maximum atomic E-state index is 5.88. The summed E-state index contributed by atoms with van der Waals surface area (Å²) in [6.45, 7) is 1.46. The predicted octanol–water partition coefficient (Wildman–Crippen LogP) is 3.51. The summed E-state index contributed by atoms with van der Waals surface area (Å²) in [7, 11) is 0. The zero-order chi connectivity index (χ0) is 14.8. The van der Waals surface area contributed by atoms with Crippen LogP contribution in [0.5, 0.6) is 11.5 Å². The van der Waals surface area contributed by atoms with Crippen LogP contribution in [0.15, 0.2) is 42.7 Å². The van der Waals surface area contributed by atoms with Crippen LogP contribution in [-0.2, 0) is 12.8 Å². The number of imidazole rings is 1. The molecule has 0 unspecified atom stereocenters. The lowest BCUT2D eigenvalue weighted by Crippen LogP contribution is -1.99. The molecular weight excluding hydrogens is 276 g/mol. The molecule has 2 aromatic carbocycles. The van der Waals surface area contributed by atoms with E-state index < -0.39 is 0 Å². The number of hydrogen-bond acceptors (Lipinski definition) is 3. The van der Waals surface area contributed by atoms with E-state index in [1.165, 1.54) is 11.1 Å². The molecule has 3 aromatic rings. The summed E-state index contributed by atoms with van der Waals surface area (Å²) in [5.41, 5.74) is 4.60. The molecule has 0 saturated carbocycles. The van der Waals surface area contributed by atoms with Crippen LogP contribution in [0.1, 0.15) is 17.5 Å². The van der Waals surface area contributed by atoms with Crippen LogP contribution in [0, 0.1) is 0 Å². The van der Waals surface area contributed by atoms with E-state index in [1.807, 2.05) is 12.1 Å². The van der Waals surface area contributed by atoms with Crippen LogP contribution in [0.4, 0.5) is 0 Å². The minimum atomic E-state index is 0.726. The van der Waals surface area contributed by atoms with Crippen molar-refractivity contribution in [2.45, 2.75) is 19.3 Å². The van der Waals surface area contributed by atoms with Gasteiger partial charge in [0.05, 0.1) is 30.6 Å². The standard InChI is InChI=1S/C18H18N2O2/c1-3-14(18-17(4-1)21-9-2-10-22-18)7-5-13-6-8-15-16(11-13)20-12-19-15/h1,3-4,6,8,11-12H,2,5,7,9-10H2,(H,19,20). The molecule has 0 atom stereocenters. The first-order valence-corrected chi connectivity index (χ1v) is 7.70. The molecule has 4 nitrogen and oxygen atoms in total. The predicted molar refractivity (Wildman–Crippen MR) is 85.6 cm³/mol. The fourth-order valence-electron chi connectivity index (χ4n) is 2.87. The van der Waals surface area contributed by atoms with E-state index in [1.54, 1.807) is 6.33 Å². The first-order chi connectivity index (χ1) is 10.9. The summed E-state index contributed by atoms with van der Waals surface area (Å²) < 4.78 is 11.6. The van der Waals surface area contributed by atoms with Crippen LogP contribution in [0.25, 0.3) is 11.0 Å². The molecule has 1 aliphatic heterocycles. The van der Waals surface area contributed by atoms with Gasteiger partial charge in [-0.2, -0.15) is 0 Å². The van der Waals surface area contributed by atoms with Crippen molar-refractivity contribution in [2.24, 2.45) is 0 Å². The SMILES string of the molecule is c1cc(CCc2ccc3nc[nH]c3c2)c2c(c1)OCCCO2. The fraction of sp³-hybridized carbons (Fsp3) is 0.278. The Morgan fingerprint density at radius 2 is 2.00 bits per heavy atom. The third-order valence-electron chi connectivity index (χ3n) is 4.02. The lowest BCUT2D eigenvalue weighted by Gasteiger charge is -2.12. The average Bonchev–Trinajstić information content (AvgIpc) is 2.88. The summed E-state index contributed by atoms with van der Waals surface area (Å²) in [5.74, 6) is 1.79. The number of fused-ring (bicyclic) bond motifs is 2. The minimum absolute atomic E-state index is 0.726. The lowest BCUT2D eigenvalue weighted by atomic mass is 10.0. The highest BCUT2D eigenvalue weighted by molar-refractivity contribution is 5.75. The normalized spacial score (nSPS) is 14.0. The Bertz CT molecular complexity index is 795. The number of ether oxygens (including phenoxy) is 2. The smallest absolute Gasteiger partial charge is 0.164 e. The average molecular weight is 294 g/mol. The van der Waals surface area contributed by atoms with Crippen LogP contribution < -0.4 is 9.47 Å². The highest BCUT2D eigenvalue weighted by Crippen LogP contribution is 2.34. The molecule has 1 aliphatic rings. The number of rotatable bonds is 3. The number of benzene rings is 2. The molecule has 4 rings (SSSR count). The zero-order valence-corrected chi connectivity index (χ0v) is 12.3. The quantitative estimate of drug-likeness (QED) is 0.804. The summed E-state index contributed by atoms with van der Waals surface area (Å²) in [4.78, 5) is 7.41. The van der Waals surface area contributed by atoms with Gasteiger partial charge < -0.3 is 14.5 Å². The Kier molecular flexibility index (Phi) is 3.43. The summed E-state index contributed by atoms with van der Waals surface area (Å²) in [6, 6.07) is 12.5. The van der Waals surface area contributed by atoms with Gasteiger partial charge in [0.1, 0.15) is 0 Å². The maximum absolute atomic E-state index is 5.88. The molecule has 0 radical (unpaired) electrons. The van der Waals surface area contributed by atoms with Crippen molar-refractivity contribution in [3.05, 3.63) is 53.9 Å². The van der Waals surface area contributed by atoms with Gasteiger partial charge in [-0.3, -0.25) is 0 Å². The molecule has 0 bridgehead atoms. The lowest BCUT2D eigenvalue weighted by molar-refractivity contribution is 0.296. The topological polar surface area (TPSA) is 47.1 Å². The van der Waals surface area contributed by atoms with Crippen LogP contribution in [0.3, 0.4) is 0 Å². The van der Waals surface area contributed by atoms with E-state index in [0.717, 1.165) is 55.0 Å². The van der Waals surface area contributed by atoms with Crippen LogP contribution in [-0.4, -0.2) is 23.2 Å². The van der Waals surface area contributed by atoms with Gasteiger partial charge in [0.25, 0.3) is 0 Å². The van der Waals surface area contributed by atoms with E-state index in [-0.39, 0.29) is 0 Å². The third kappa shape index (κ3) is 2.52. The second kappa shape index (κ2) is 5.72. The monoisotopic (exact) mass is 294 g/mol. The number of nitrogens with zero attached hydrogens (tertiary/aromatic N) is 1. The number of aromatic amines is 1. The molecule has 0 aliphatic carbocycles. The molecule has 0 amide bonds. The highest BCUT2D eigenvalue weighted by Gasteiger charge is 2.14. The molecule has 22 heavy (non-hydrogen) atoms. The molecule has 0 fully saturated rings. The Balaban J connectivity index is 1.56. The van der Waals surface area contributed by atoms with E-state index in [2.05, 4.69) is 34.2 Å². The van der Waals surface area contributed by atoms with Gasteiger partial charge in [-0.1, -0.05) is 18.2 Å². The van der Waals surface area contributed by atoms with E-state index in [9.17, 15) is 0 Å².